The number of nitrogens with one attached hydrogen (secondary N) is 4. The number of anilines is 4. The smallest absolute Gasteiger partial charge is 0.229 e. The van der Waals surface area contributed by atoms with E-state index in [1.807, 2.05) is 42.6 Å². The van der Waals surface area contributed by atoms with Gasteiger partial charge >= 0.3 is 0 Å². The molecular formula is C22H26N8O. The molecule has 9 nitrogen and oxygen atoms in total. The lowest BCUT2D eigenvalue weighted by Crippen LogP contribution is -2.17. The maximum Gasteiger partial charge on any atom is 0.229 e. The van der Waals surface area contributed by atoms with Crippen molar-refractivity contribution in [3.05, 3.63) is 60.3 Å². The lowest BCUT2D eigenvalue weighted by Gasteiger charge is -2.12. The van der Waals surface area contributed by atoms with Crippen LogP contribution in [0.2, 0.25) is 0 Å². The van der Waals surface area contributed by atoms with Gasteiger partial charge in [-0.3, -0.25) is 0 Å². The average Bonchev–Trinajstić information content (AvgIpc) is 3.20. The maximum absolute atomic E-state index is 5.85. The second-order valence-corrected chi connectivity index (χ2v) is 6.93. The van der Waals surface area contributed by atoms with Crippen molar-refractivity contribution in [2.24, 2.45) is 0 Å². The van der Waals surface area contributed by atoms with E-state index in [1.165, 1.54) is 10.9 Å². The molecule has 0 spiro atoms. The van der Waals surface area contributed by atoms with Crippen LogP contribution in [0, 0.1) is 0 Å². The number of methoxy groups -OCH3 is 1. The molecular weight excluding hydrogens is 392 g/mol. The van der Waals surface area contributed by atoms with E-state index in [1.54, 1.807) is 7.11 Å². The summed E-state index contributed by atoms with van der Waals surface area (Å²) in [6.45, 7) is 1.95. The number of rotatable bonds is 10. The Morgan fingerprint density at radius 3 is 2.42 bits per heavy atom. The van der Waals surface area contributed by atoms with Crippen LogP contribution < -0.4 is 26.4 Å². The lowest BCUT2D eigenvalue weighted by molar-refractivity contribution is 0.416. The van der Waals surface area contributed by atoms with Crippen LogP contribution >= 0.6 is 0 Å². The molecule has 0 bridgehead atoms. The molecule has 0 fully saturated rings. The normalized spacial score (nSPS) is 10.7. The molecule has 4 rings (SSSR count). The number of nitrogen functional groups attached to an aromatic ring is 1. The summed E-state index contributed by atoms with van der Waals surface area (Å²) in [6, 6.07) is 16.0. The van der Waals surface area contributed by atoms with Gasteiger partial charge in [0, 0.05) is 36.7 Å². The number of fused-ring (bicyclic) bond motifs is 1. The summed E-state index contributed by atoms with van der Waals surface area (Å²) in [7, 11) is 1.65. The topological polar surface area (TPSA) is 126 Å². The highest BCUT2D eigenvalue weighted by atomic mass is 16.5. The summed E-state index contributed by atoms with van der Waals surface area (Å²) in [5.41, 5.74) is 9.16. The molecule has 0 atom stereocenters. The Bertz CT molecular complexity index is 1140. The van der Waals surface area contributed by atoms with Gasteiger partial charge in [-0.1, -0.05) is 30.3 Å². The van der Waals surface area contributed by atoms with Gasteiger partial charge in [0.2, 0.25) is 17.8 Å². The number of nitrogens with zero attached hydrogens (tertiary/aromatic N) is 3. The Morgan fingerprint density at radius 2 is 1.58 bits per heavy atom. The van der Waals surface area contributed by atoms with Crippen LogP contribution in [-0.2, 0) is 6.42 Å². The number of hydrogen-bond acceptors (Lipinski definition) is 8. The van der Waals surface area contributed by atoms with Gasteiger partial charge in [-0.2, -0.15) is 15.0 Å². The Morgan fingerprint density at radius 1 is 0.871 bits per heavy atom. The summed E-state index contributed by atoms with van der Waals surface area (Å²) < 4.78 is 5.34. The first kappa shape index (κ1) is 20.3. The molecule has 0 amide bonds. The van der Waals surface area contributed by atoms with Crippen LogP contribution in [0.15, 0.2) is 54.7 Å². The van der Waals surface area contributed by atoms with E-state index in [2.05, 4.69) is 48.0 Å². The molecule has 0 aliphatic heterocycles. The molecule has 2 aromatic heterocycles. The number of hydrogen-bond donors (Lipinski definition) is 5. The molecule has 9 heteroatoms. The van der Waals surface area contributed by atoms with Crippen LogP contribution in [0.1, 0.15) is 5.56 Å². The second kappa shape index (κ2) is 9.66. The molecule has 6 N–H and O–H groups in total. The predicted octanol–water partition coefficient (Wildman–Crippen LogP) is 3.12. The summed E-state index contributed by atoms with van der Waals surface area (Å²) in [5.74, 6) is 1.86. The van der Waals surface area contributed by atoms with E-state index < -0.39 is 0 Å². The van der Waals surface area contributed by atoms with Crippen molar-refractivity contribution in [3.63, 3.8) is 0 Å². The zero-order valence-corrected chi connectivity index (χ0v) is 17.4. The monoisotopic (exact) mass is 418 g/mol. The van der Waals surface area contributed by atoms with Crippen molar-refractivity contribution >= 4 is 34.4 Å². The number of aromatic nitrogens is 4. The third kappa shape index (κ3) is 5.13. The second-order valence-electron chi connectivity index (χ2n) is 6.93. The fourth-order valence-corrected chi connectivity index (χ4v) is 3.36. The number of nitrogens with two attached hydrogens (primary N) is 1. The Labute approximate surface area is 180 Å². The average molecular weight is 419 g/mol. The number of aromatic amines is 1. The molecule has 4 aromatic rings. The number of benzene rings is 2. The largest absolute Gasteiger partial charge is 0.495 e. The van der Waals surface area contributed by atoms with Gasteiger partial charge in [0.05, 0.1) is 12.8 Å². The molecule has 2 aromatic carbocycles. The van der Waals surface area contributed by atoms with Crippen molar-refractivity contribution < 1.29 is 4.74 Å². The lowest BCUT2D eigenvalue weighted by atomic mass is 10.1. The van der Waals surface area contributed by atoms with Gasteiger partial charge in [-0.05, 0) is 30.2 Å². The predicted molar refractivity (Wildman–Crippen MR) is 125 cm³/mol. The third-order valence-corrected chi connectivity index (χ3v) is 4.84. The number of ether oxygens (including phenoxy) is 1. The van der Waals surface area contributed by atoms with Crippen molar-refractivity contribution in [3.8, 4) is 5.75 Å². The highest BCUT2D eigenvalue weighted by Crippen LogP contribution is 2.22. The molecule has 0 unspecified atom stereocenters. The van der Waals surface area contributed by atoms with E-state index in [4.69, 9.17) is 10.5 Å². The first-order valence-corrected chi connectivity index (χ1v) is 10.1. The zero-order chi connectivity index (χ0) is 21.5. The Kier molecular flexibility index (Phi) is 6.32. The van der Waals surface area contributed by atoms with Crippen molar-refractivity contribution in [2.45, 2.75) is 6.42 Å². The SMILES string of the molecule is COc1ccccc1NCCNc1nc(N)nc(NCCc2c[nH]c3ccccc23)n1. The van der Waals surface area contributed by atoms with E-state index in [0.29, 0.717) is 31.5 Å². The standard InChI is InChI=1S/C22H26N8O/c1-31-19-9-5-4-8-18(19)24-12-13-26-22-29-20(23)28-21(30-22)25-11-10-15-14-27-17-7-3-2-6-16(15)17/h2-9,14,24,27H,10-13H2,1H3,(H4,23,25,26,28,29,30). The Hall–Kier alpha value is -4.01. The van der Waals surface area contributed by atoms with Gasteiger partial charge in [0.15, 0.2) is 0 Å². The van der Waals surface area contributed by atoms with Crippen molar-refractivity contribution in [2.75, 3.05) is 48.4 Å². The zero-order valence-electron chi connectivity index (χ0n) is 17.4. The molecule has 160 valence electrons. The van der Waals surface area contributed by atoms with Crippen LogP contribution in [0.3, 0.4) is 0 Å². The molecule has 0 aliphatic rings. The van der Waals surface area contributed by atoms with Crippen molar-refractivity contribution in [1.29, 1.82) is 0 Å². The van der Waals surface area contributed by atoms with Crippen LogP contribution in [0.4, 0.5) is 23.5 Å². The van der Waals surface area contributed by atoms with E-state index in [-0.39, 0.29) is 5.95 Å². The van der Waals surface area contributed by atoms with Crippen LogP contribution in [0.5, 0.6) is 5.75 Å². The fraction of sp³-hybridized carbons (Fsp3) is 0.227. The highest BCUT2D eigenvalue weighted by molar-refractivity contribution is 5.83. The summed E-state index contributed by atoms with van der Waals surface area (Å²) >= 11 is 0. The molecule has 0 radical (unpaired) electrons. The minimum absolute atomic E-state index is 0.171. The molecule has 0 aliphatic carbocycles. The van der Waals surface area contributed by atoms with Gasteiger partial charge in [0.25, 0.3) is 0 Å². The maximum atomic E-state index is 5.85. The summed E-state index contributed by atoms with van der Waals surface area (Å²) in [6.07, 6.45) is 2.87. The molecule has 2 heterocycles. The first-order valence-electron chi connectivity index (χ1n) is 10.1. The fourth-order valence-electron chi connectivity index (χ4n) is 3.36. The van der Waals surface area contributed by atoms with Gasteiger partial charge in [-0.15, -0.1) is 0 Å². The molecule has 31 heavy (non-hydrogen) atoms. The summed E-state index contributed by atoms with van der Waals surface area (Å²) in [4.78, 5) is 16.0. The highest BCUT2D eigenvalue weighted by Gasteiger charge is 2.06. The van der Waals surface area contributed by atoms with Gasteiger partial charge in [0.1, 0.15) is 5.75 Å². The van der Waals surface area contributed by atoms with E-state index in [9.17, 15) is 0 Å². The first-order chi connectivity index (χ1) is 15.2. The molecule has 0 saturated carbocycles. The van der Waals surface area contributed by atoms with Gasteiger partial charge < -0.3 is 31.4 Å². The Balaban J connectivity index is 1.28. The number of para-hydroxylation sites is 3. The van der Waals surface area contributed by atoms with Gasteiger partial charge in [-0.25, -0.2) is 0 Å². The van der Waals surface area contributed by atoms with Crippen molar-refractivity contribution in [1.82, 2.24) is 19.9 Å². The minimum Gasteiger partial charge on any atom is -0.495 e. The quantitative estimate of drug-likeness (QED) is 0.249. The van der Waals surface area contributed by atoms with E-state index >= 15 is 0 Å². The third-order valence-electron chi connectivity index (χ3n) is 4.84. The molecule has 0 saturated heterocycles. The summed E-state index contributed by atoms with van der Waals surface area (Å²) in [5, 5.41) is 10.9. The van der Waals surface area contributed by atoms with Crippen LogP contribution in [0.25, 0.3) is 10.9 Å². The van der Waals surface area contributed by atoms with E-state index in [0.717, 1.165) is 23.4 Å². The number of H-pyrrole nitrogens is 1. The minimum atomic E-state index is 0.171. The van der Waals surface area contributed by atoms with Crippen LogP contribution in [-0.4, -0.2) is 46.7 Å².